The largest absolute Gasteiger partial charge is 0.398 e. The summed E-state index contributed by atoms with van der Waals surface area (Å²) >= 11 is 0. The zero-order valence-corrected chi connectivity index (χ0v) is 10.0. The van der Waals surface area contributed by atoms with Crippen molar-refractivity contribution in [1.82, 2.24) is 0 Å². The molecule has 1 aromatic carbocycles. The number of hydrogen-bond acceptors (Lipinski definition) is 3. The Balaban J connectivity index is 2.74. The minimum atomic E-state index is -0.00616. The van der Waals surface area contributed by atoms with Crippen LogP contribution >= 0.6 is 0 Å². The van der Waals surface area contributed by atoms with E-state index < -0.39 is 0 Å². The van der Waals surface area contributed by atoms with Crippen LogP contribution in [-0.4, -0.2) is 12.3 Å². The van der Waals surface area contributed by atoms with Crippen LogP contribution in [-0.2, 0) is 0 Å². The van der Waals surface area contributed by atoms with Crippen molar-refractivity contribution >= 4 is 17.2 Å². The van der Waals surface area contributed by atoms with Gasteiger partial charge in [-0.1, -0.05) is 11.6 Å². The van der Waals surface area contributed by atoms with E-state index in [1.807, 2.05) is 6.07 Å². The van der Waals surface area contributed by atoms with E-state index in [-0.39, 0.29) is 5.78 Å². The lowest BCUT2D eigenvalue weighted by atomic mass is 10.1. The van der Waals surface area contributed by atoms with E-state index in [0.717, 1.165) is 12.2 Å². The van der Waals surface area contributed by atoms with Gasteiger partial charge in [0.25, 0.3) is 0 Å². The van der Waals surface area contributed by atoms with Crippen LogP contribution in [0.5, 0.6) is 0 Å². The Labute approximate surface area is 96.3 Å². The molecule has 0 spiro atoms. The lowest BCUT2D eigenvalue weighted by molar-refractivity contribution is 0.101. The highest BCUT2D eigenvalue weighted by Crippen LogP contribution is 2.18. The Morgan fingerprint density at radius 1 is 1.38 bits per heavy atom. The third-order valence-corrected chi connectivity index (χ3v) is 2.25. The van der Waals surface area contributed by atoms with E-state index >= 15 is 0 Å². The van der Waals surface area contributed by atoms with Crippen molar-refractivity contribution in [2.24, 2.45) is 0 Å². The fourth-order valence-corrected chi connectivity index (χ4v) is 1.37. The Morgan fingerprint density at radius 2 is 2.06 bits per heavy atom. The Bertz CT molecular complexity index is 418. The van der Waals surface area contributed by atoms with Crippen LogP contribution in [0.1, 0.15) is 31.1 Å². The van der Waals surface area contributed by atoms with Crippen LogP contribution in [0, 0.1) is 0 Å². The quantitative estimate of drug-likeness (QED) is 0.464. The number of ketones is 1. The maximum absolute atomic E-state index is 11.2. The SMILES string of the molecule is CC(=O)c1ccc(NCC=C(C)C)cc1N. The van der Waals surface area contributed by atoms with E-state index in [4.69, 9.17) is 5.73 Å². The van der Waals surface area contributed by atoms with Crippen molar-refractivity contribution in [3.8, 4) is 0 Å². The van der Waals surface area contributed by atoms with Crippen LogP contribution in [0.3, 0.4) is 0 Å². The summed E-state index contributed by atoms with van der Waals surface area (Å²) in [5.41, 5.74) is 9.07. The normalized spacial score (nSPS) is 9.69. The summed E-state index contributed by atoms with van der Waals surface area (Å²) in [7, 11) is 0. The molecule has 3 nitrogen and oxygen atoms in total. The predicted molar refractivity (Wildman–Crippen MR) is 68.8 cm³/mol. The monoisotopic (exact) mass is 218 g/mol. The number of carbonyl (C=O) groups is 1. The molecule has 0 heterocycles. The number of rotatable bonds is 4. The lowest BCUT2D eigenvalue weighted by Crippen LogP contribution is -2.03. The molecular formula is C13H18N2O. The molecule has 0 atom stereocenters. The number of nitrogens with one attached hydrogen (secondary N) is 1. The van der Waals surface area contributed by atoms with Gasteiger partial charge in [-0.25, -0.2) is 0 Å². The molecule has 0 saturated heterocycles. The first-order chi connectivity index (χ1) is 7.50. The first kappa shape index (κ1) is 12.3. The molecule has 0 saturated carbocycles. The minimum absolute atomic E-state index is 0.00616. The summed E-state index contributed by atoms with van der Waals surface area (Å²) in [6, 6.07) is 5.41. The minimum Gasteiger partial charge on any atom is -0.398 e. The van der Waals surface area contributed by atoms with Crippen molar-refractivity contribution in [2.45, 2.75) is 20.8 Å². The fraction of sp³-hybridized carbons (Fsp3) is 0.308. The van der Waals surface area contributed by atoms with Crippen LogP contribution in [0.25, 0.3) is 0 Å². The highest BCUT2D eigenvalue weighted by atomic mass is 16.1. The van der Waals surface area contributed by atoms with Gasteiger partial charge in [0.15, 0.2) is 5.78 Å². The fourth-order valence-electron chi connectivity index (χ4n) is 1.37. The van der Waals surface area contributed by atoms with Crippen molar-refractivity contribution < 1.29 is 4.79 Å². The molecule has 0 radical (unpaired) electrons. The molecule has 0 aliphatic rings. The molecular weight excluding hydrogens is 200 g/mol. The molecule has 0 unspecified atom stereocenters. The first-order valence-electron chi connectivity index (χ1n) is 5.28. The summed E-state index contributed by atoms with van der Waals surface area (Å²) in [6.07, 6.45) is 2.09. The zero-order valence-electron chi connectivity index (χ0n) is 10.0. The standard InChI is InChI=1S/C13H18N2O/c1-9(2)6-7-15-11-4-5-12(10(3)16)13(14)8-11/h4-6,8,15H,7,14H2,1-3H3. The van der Waals surface area contributed by atoms with Gasteiger partial charge in [0.1, 0.15) is 0 Å². The average molecular weight is 218 g/mol. The predicted octanol–water partition coefficient (Wildman–Crippen LogP) is 2.85. The molecule has 3 N–H and O–H groups in total. The van der Waals surface area contributed by atoms with Crippen molar-refractivity contribution in [2.75, 3.05) is 17.6 Å². The Morgan fingerprint density at radius 3 is 2.56 bits per heavy atom. The van der Waals surface area contributed by atoms with Crippen LogP contribution in [0.4, 0.5) is 11.4 Å². The first-order valence-corrected chi connectivity index (χ1v) is 5.28. The van der Waals surface area contributed by atoms with Gasteiger partial charge >= 0.3 is 0 Å². The Kier molecular flexibility index (Phi) is 4.11. The third-order valence-electron chi connectivity index (χ3n) is 2.25. The summed E-state index contributed by atoms with van der Waals surface area (Å²) in [4.78, 5) is 11.2. The molecule has 0 aromatic heterocycles. The van der Waals surface area contributed by atoms with Crippen molar-refractivity contribution in [1.29, 1.82) is 0 Å². The van der Waals surface area contributed by atoms with Gasteiger partial charge in [-0.05, 0) is 39.0 Å². The van der Waals surface area contributed by atoms with Gasteiger partial charge in [0.2, 0.25) is 0 Å². The molecule has 16 heavy (non-hydrogen) atoms. The lowest BCUT2D eigenvalue weighted by Gasteiger charge is -2.07. The number of nitrogens with two attached hydrogens (primary N) is 1. The number of allylic oxidation sites excluding steroid dienone is 1. The Hall–Kier alpha value is -1.77. The molecule has 1 aromatic rings. The third kappa shape index (κ3) is 3.42. The number of benzene rings is 1. The smallest absolute Gasteiger partial charge is 0.161 e. The molecule has 0 aliphatic carbocycles. The van der Waals surface area contributed by atoms with Crippen LogP contribution < -0.4 is 11.1 Å². The number of carbonyl (C=O) groups excluding carboxylic acids is 1. The number of anilines is 2. The summed E-state index contributed by atoms with van der Waals surface area (Å²) < 4.78 is 0. The highest BCUT2D eigenvalue weighted by Gasteiger charge is 2.04. The second kappa shape index (κ2) is 5.35. The van der Waals surface area contributed by atoms with E-state index in [2.05, 4.69) is 25.2 Å². The number of Topliss-reactive ketones (excluding diaryl/α,β-unsaturated/α-hetero) is 1. The van der Waals surface area contributed by atoms with E-state index in [1.54, 1.807) is 12.1 Å². The molecule has 3 heteroatoms. The van der Waals surface area contributed by atoms with Gasteiger partial charge in [-0.15, -0.1) is 0 Å². The van der Waals surface area contributed by atoms with E-state index in [0.29, 0.717) is 11.3 Å². The van der Waals surface area contributed by atoms with Crippen LogP contribution in [0.15, 0.2) is 29.8 Å². The molecule has 0 fully saturated rings. The zero-order chi connectivity index (χ0) is 12.1. The maximum Gasteiger partial charge on any atom is 0.161 e. The van der Waals surface area contributed by atoms with Crippen LogP contribution in [0.2, 0.25) is 0 Å². The average Bonchev–Trinajstić information content (AvgIpc) is 2.16. The second-order valence-corrected chi connectivity index (χ2v) is 4.02. The molecule has 0 bridgehead atoms. The van der Waals surface area contributed by atoms with Gasteiger partial charge in [0.05, 0.1) is 0 Å². The molecule has 86 valence electrons. The van der Waals surface area contributed by atoms with Gasteiger partial charge < -0.3 is 11.1 Å². The highest BCUT2D eigenvalue weighted by molar-refractivity contribution is 5.99. The summed E-state index contributed by atoms with van der Waals surface area (Å²) in [5, 5.41) is 3.22. The number of hydrogen-bond donors (Lipinski definition) is 2. The van der Waals surface area contributed by atoms with Gasteiger partial charge in [-0.3, -0.25) is 4.79 Å². The molecule has 0 aliphatic heterocycles. The van der Waals surface area contributed by atoms with Crippen molar-refractivity contribution in [3.63, 3.8) is 0 Å². The second-order valence-electron chi connectivity index (χ2n) is 4.02. The van der Waals surface area contributed by atoms with Gasteiger partial charge in [-0.2, -0.15) is 0 Å². The molecule has 1 rings (SSSR count). The topological polar surface area (TPSA) is 55.1 Å². The van der Waals surface area contributed by atoms with Crippen molar-refractivity contribution in [3.05, 3.63) is 35.4 Å². The maximum atomic E-state index is 11.2. The van der Waals surface area contributed by atoms with E-state index in [1.165, 1.54) is 12.5 Å². The van der Waals surface area contributed by atoms with E-state index in [9.17, 15) is 4.79 Å². The summed E-state index contributed by atoms with van der Waals surface area (Å²) in [5.74, 6) is -0.00616. The number of nitrogen functional groups attached to an aromatic ring is 1. The molecule has 0 amide bonds. The van der Waals surface area contributed by atoms with Gasteiger partial charge in [0, 0.05) is 23.5 Å². The summed E-state index contributed by atoms with van der Waals surface area (Å²) in [6.45, 7) is 6.38.